The minimum Gasteiger partial charge on any atom is -0.472 e. The Morgan fingerprint density at radius 1 is 1.24 bits per heavy atom. The topological polar surface area (TPSA) is 37.7 Å². The monoisotopic (exact) mass is 403 g/mol. The Labute approximate surface area is 159 Å². The van der Waals surface area contributed by atoms with Gasteiger partial charge < -0.3 is 9.64 Å². The molecule has 0 atom stereocenters. The van der Waals surface area contributed by atoms with Crippen molar-refractivity contribution in [2.24, 2.45) is 4.99 Å². The number of aryl methyl sites for hydroxylation is 2. The normalized spacial score (nSPS) is 11.1. The van der Waals surface area contributed by atoms with Crippen LogP contribution in [0.2, 0.25) is 0 Å². The average molecular weight is 404 g/mol. The molecular formula is C20H26BrN3O. The summed E-state index contributed by atoms with van der Waals surface area (Å²) in [5.41, 5.74) is 4.23. The number of pyridine rings is 1. The van der Waals surface area contributed by atoms with Gasteiger partial charge in [0.2, 0.25) is 5.88 Å². The molecule has 134 valence electrons. The van der Waals surface area contributed by atoms with Crippen LogP contribution in [0.25, 0.3) is 0 Å². The van der Waals surface area contributed by atoms with Crippen molar-refractivity contribution in [1.29, 1.82) is 0 Å². The molecule has 0 radical (unpaired) electrons. The van der Waals surface area contributed by atoms with E-state index in [0.717, 1.165) is 35.2 Å². The van der Waals surface area contributed by atoms with Gasteiger partial charge in [-0.05, 0) is 53.4 Å². The Balaban J connectivity index is 2.13. The molecule has 5 heteroatoms. The van der Waals surface area contributed by atoms with Crippen LogP contribution in [0.15, 0.2) is 39.8 Å². The van der Waals surface area contributed by atoms with Gasteiger partial charge in [-0.2, -0.15) is 0 Å². The zero-order chi connectivity index (χ0) is 18.2. The summed E-state index contributed by atoms with van der Waals surface area (Å²) in [7, 11) is 1.99. The predicted molar refractivity (Wildman–Crippen MR) is 108 cm³/mol. The number of aromatic nitrogens is 1. The molecule has 0 amide bonds. The van der Waals surface area contributed by atoms with Crippen molar-refractivity contribution in [1.82, 2.24) is 9.88 Å². The summed E-state index contributed by atoms with van der Waals surface area (Å²) in [6, 6.07) is 10.4. The highest BCUT2D eigenvalue weighted by Crippen LogP contribution is 2.30. The van der Waals surface area contributed by atoms with Gasteiger partial charge in [-0.25, -0.2) is 9.98 Å². The van der Waals surface area contributed by atoms with E-state index in [2.05, 4.69) is 58.0 Å². The van der Waals surface area contributed by atoms with Gasteiger partial charge in [-0.15, -0.1) is 0 Å². The van der Waals surface area contributed by atoms with Gasteiger partial charge in [0.25, 0.3) is 0 Å². The number of rotatable bonds is 8. The van der Waals surface area contributed by atoms with E-state index in [1.807, 2.05) is 37.3 Å². The lowest BCUT2D eigenvalue weighted by atomic mass is 10.0. The van der Waals surface area contributed by atoms with Crippen molar-refractivity contribution in [3.63, 3.8) is 0 Å². The van der Waals surface area contributed by atoms with E-state index in [-0.39, 0.29) is 0 Å². The first-order chi connectivity index (χ1) is 12.0. The second-order valence-electron chi connectivity index (χ2n) is 6.01. The van der Waals surface area contributed by atoms with Gasteiger partial charge in [0.15, 0.2) is 0 Å². The van der Waals surface area contributed by atoms with Crippen molar-refractivity contribution < 1.29 is 4.74 Å². The fourth-order valence-corrected chi connectivity index (χ4v) is 2.80. The summed E-state index contributed by atoms with van der Waals surface area (Å²) in [5.74, 6) is 0.603. The van der Waals surface area contributed by atoms with Crippen LogP contribution in [-0.4, -0.2) is 29.8 Å². The summed E-state index contributed by atoms with van der Waals surface area (Å²) in [4.78, 5) is 11.1. The highest BCUT2D eigenvalue weighted by Gasteiger charge is 2.10. The summed E-state index contributed by atoms with van der Waals surface area (Å²) in [6.07, 6.45) is 4.00. The average Bonchev–Trinajstić information content (AvgIpc) is 2.62. The van der Waals surface area contributed by atoms with Crippen LogP contribution in [0.5, 0.6) is 5.88 Å². The molecule has 1 aromatic heterocycles. The fraction of sp³-hybridized carbons (Fsp3) is 0.400. The van der Waals surface area contributed by atoms with E-state index in [1.54, 1.807) is 0 Å². The van der Waals surface area contributed by atoms with Gasteiger partial charge in [0, 0.05) is 13.6 Å². The van der Waals surface area contributed by atoms with Crippen molar-refractivity contribution in [2.75, 3.05) is 13.6 Å². The van der Waals surface area contributed by atoms with Crippen molar-refractivity contribution in [3.8, 4) is 5.88 Å². The summed E-state index contributed by atoms with van der Waals surface area (Å²) in [5, 5.41) is 0. The maximum atomic E-state index is 5.97. The first-order valence-electron chi connectivity index (χ1n) is 8.66. The van der Waals surface area contributed by atoms with Gasteiger partial charge in [0.1, 0.15) is 6.61 Å². The zero-order valence-corrected chi connectivity index (χ0v) is 17.0. The van der Waals surface area contributed by atoms with Crippen LogP contribution in [0.1, 0.15) is 37.1 Å². The summed E-state index contributed by atoms with van der Waals surface area (Å²) < 4.78 is 6.79. The van der Waals surface area contributed by atoms with Crippen LogP contribution < -0.4 is 4.74 Å². The molecule has 4 nitrogen and oxygen atoms in total. The highest BCUT2D eigenvalue weighted by molar-refractivity contribution is 9.10. The number of ether oxygens (including phenoxy) is 1. The second kappa shape index (κ2) is 9.56. The molecule has 0 saturated heterocycles. The van der Waals surface area contributed by atoms with E-state index in [4.69, 9.17) is 4.74 Å². The minimum absolute atomic E-state index is 0.516. The molecule has 25 heavy (non-hydrogen) atoms. The van der Waals surface area contributed by atoms with Crippen molar-refractivity contribution in [2.45, 2.75) is 40.2 Å². The number of hydrogen-bond acceptors (Lipinski definition) is 3. The van der Waals surface area contributed by atoms with Gasteiger partial charge in [-0.3, -0.25) is 0 Å². The highest BCUT2D eigenvalue weighted by atomic mass is 79.9. The molecule has 2 aromatic rings. The predicted octanol–water partition coefficient (Wildman–Crippen LogP) is 5.30. The maximum Gasteiger partial charge on any atom is 0.228 e. The first-order valence-corrected chi connectivity index (χ1v) is 9.45. The lowest BCUT2D eigenvalue weighted by Gasteiger charge is -2.13. The third-order valence-electron chi connectivity index (χ3n) is 4.00. The van der Waals surface area contributed by atoms with Gasteiger partial charge >= 0.3 is 0 Å². The molecule has 0 aliphatic heterocycles. The Morgan fingerprint density at radius 3 is 2.64 bits per heavy atom. The third kappa shape index (κ3) is 5.56. The van der Waals surface area contributed by atoms with E-state index in [0.29, 0.717) is 12.5 Å². The molecule has 0 spiro atoms. The molecule has 0 aliphatic rings. The largest absolute Gasteiger partial charge is 0.472 e. The van der Waals surface area contributed by atoms with Crippen LogP contribution in [0.3, 0.4) is 0 Å². The van der Waals surface area contributed by atoms with E-state index >= 15 is 0 Å². The molecule has 0 bridgehead atoms. The lowest BCUT2D eigenvalue weighted by Crippen LogP contribution is -2.14. The molecule has 1 heterocycles. The molecule has 1 aromatic carbocycles. The maximum absolute atomic E-state index is 5.97. The lowest BCUT2D eigenvalue weighted by molar-refractivity contribution is 0.290. The number of halogens is 1. The summed E-state index contributed by atoms with van der Waals surface area (Å²) in [6.45, 7) is 7.65. The smallest absolute Gasteiger partial charge is 0.228 e. The van der Waals surface area contributed by atoms with Gasteiger partial charge in [-0.1, -0.05) is 37.6 Å². The number of aliphatic imine (C=N–C) groups is 1. The molecular weight excluding hydrogens is 378 g/mol. The number of benzene rings is 1. The van der Waals surface area contributed by atoms with Crippen molar-refractivity contribution >= 4 is 28.0 Å². The quantitative estimate of drug-likeness (QED) is 0.443. The minimum atomic E-state index is 0.516. The third-order valence-corrected chi connectivity index (χ3v) is 4.57. The zero-order valence-electron chi connectivity index (χ0n) is 15.4. The number of nitrogens with zero attached hydrogens (tertiary/aromatic N) is 3. The van der Waals surface area contributed by atoms with Crippen LogP contribution >= 0.6 is 15.9 Å². The molecule has 2 rings (SSSR count). The molecule has 0 saturated carbocycles. The van der Waals surface area contributed by atoms with E-state index in [1.165, 1.54) is 11.1 Å². The van der Waals surface area contributed by atoms with E-state index in [9.17, 15) is 0 Å². The molecule has 0 N–H and O–H groups in total. The van der Waals surface area contributed by atoms with Crippen molar-refractivity contribution in [3.05, 3.63) is 51.6 Å². The Hall–Kier alpha value is -1.88. The van der Waals surface area contributed by atoms with Crippen LogP contribution in [-0.2, 0) is 13.0 Å². The summed E-state index contributed by atoms with van der Waals surface area (Å²) >= 11 is 3.55. The SMILES string of the molecule is CCCc1ccccc1COc1nc(C)c(N=CN(C)CC)cc1Br. The molecule has 0 aliphatic carbocycles. The second-order valence-corrected chi connectivity index (χ2v) is 6.86. The van der Waals surface area contributed by atoms with Crippen LogP contribution in [0.4, 0.5) is 5.69 Å². The van der Waals surface area contributed by atoms with E-state index < -0.39 is 0 Å². The van der Waals surface area contributed by atoms with Crippen LogP contribution in [0, 0.1) is 6.92 Å². The Kier molecular flexibility index (Phi) is 7.44. The Bertz CT molecular complexity index is 731. The Morgan fingerprint density at radius 2 is 1.96 bits per heavy atom. The fourth-order valence-electron chi connectivity index (χ4n) is 2.38. The molecule has 0 fully saturated rings. The first kappa shape index (κ1) is 19.4. The number of hydrogen-bond donors (Lipinski definition) is 0. The standard InChI is InChI=1S/C20H26BrN3O/c1-5-9-16-10-7-8-11-17(16)13-25-20-18(21)12-19(15(3)23-20)22-14-24(4)6-2/h7-8,10-12,14H,5-6,9,13H2,1-4H3. The molecule has 0 unspecified atom stereocenters. The van der Waals surface area contributed by atoms with Gasteiger partial charge in [0.05, 0.1) is 22.2 Å².